The Morgan fingerprint density at radius 2 is 1.94 bits per heavy atom. The summed E-state index contributed by atoms with van der Waals surface area (Å²) in [7, 11) is -3.46. The van der Waals surface area contributed by atoms with Crippen LogP contribution in [-0.4, -0.2) is 53.5 Å². The van der Waals surface area contributed by atoms with E-state index >= 15 is 0 Å². The number of aryl methyl sites for hydroxylation is 1. The lowest BCUT2D eigenvalue weighted by molar-refractivity contribution is -0.122. The van der Waals surface area contributed by atoms with Gasteiger partial charge in [-0.3, -0.25) is 4.79 Å². The molecule has 1 saturated heterocycles. The monoisotopic (exact) mass is 510 g/mol. The van der Waals surface area contributed by atoms with E-state index in [2.05, 4.69) is 53.4 Å². The van der Waals surface area contributed by atoms with E-state index in [1.165, 1.54) is 11.1 Å². The Labute approximate surface area is 214 Å². The van der Waals surface area contributed by atoms with E-state index in [0.29, 0.717) is 19.0 Å². The highest BCUT2D eigenvalue weighted by atomic mass is 32.2. The largest absolute Gasteiger partial charge is 0.352 e. The van der Waals surface area contributed by atoms with E-state index in [0.717, 1.165) is 50.6 Å². The van der Waals surface area contributed by atoms with Gasteiger partial charge in [0.15, 0.2) is 0 Å². The second-order valence-corrected chi connectivity index (χ2v) is 14.3. The number of H-pyrrole nitrogens is 1. The van der Waals surface area contributed by atoms with Gasteiger partial charge in [-0.25, -0.2) is 17.7 Å². The number of sulfonamides is 1. The maximum Gasteiger partial charge on any atom is 0.226 e. The fraction of sp³-hybridized carbons (Fsp3) is 0.643. The van der Waals surface area contributed by atoms with Crippen LogP contribution < -0.4 is 5.32 Å². The number of nitrogens with zero attached hydrogens (tertiary/aromatic N) is 2. The van der Waals surface area contributed by atoms with Gasteiger partial charge < -0.3 is 10.3 Å². The fourth-order valence-corrected chi connectivity index (χ4v) is 10.6. The molecule has 3 aliphatic carbocycles. The Morgan fingerprint density at radius 3 is 2.67 bits per heavy atom. The maximum absolute atomic E-state index is 13.9. The number of hydrogen-bond acceptors (Lipinski definition) is 4. The smallest absolute Gasteiger partial charge is 0.226 e. The van der Waals surface area contributed by atoms with E-state index in [9.17, 15) is 13.2 Å². The molecule has 1 amide bonds. The first kappa shape index (κ1) is 24.2. The highest BCUT2D eigenvalue weighted by Gasteiger charge is 2.66. The van der Waals surface area contributed by atoms with Crippen LogP contribution in [0.25, 0.3) is 0 Å². The van der Waals surface area contributed by atoms with Crippen molar-refractivity contribution in [3.63, 3.8) is 0 Å². The number of imidazole rings is 1. The Bertz CT molecular complexity index is 1250. The van der Waals surface area contributed by atoms with Crippen molar-refractivity contribution in [1.82, 2.24) is 19.6 Å². The van der Waals surface area contributed by atoms with Gasteiger partial charge in [0.25, 0.3) is 0 Å². The van der Waals surface area contributed by atoms with Crippen LogP contribution in [0.2, 0.25) is 0 Å². The lowest BCUT2D eigenvalue weighted by Gasteiger charge is -2.45. The molecule has 2 heterocycles. The van der Waals surface area contributed by atoms with Gasteiger partial charge in [-0.1, -0.05) is 38.1 Å². The second-order valence-electron chi connectivity index (χ2n) is 12.3. The zero-order valence-corrected chi connectivity index (χ0v) is 22.2. The average molecular weight is 511 g/mol. The van der Waals surface area contributed by atoms with Crippen molar-refractivity contribution < 1.29 is 13.2 Å². The number of rotatable bonds is 6. The summed E-state index contributed by atoms with van der Waals surface area (Å²) in [5, 5.41) is 3.25. The molecular weight excluding hydrogens is 472 g/mol. The minimum absolute atomic E-state index is 0.0656. The van der Waals surface area contributed by atoms with Gasteiger partial charge >= 0.3 is 0 Å². The number of fused-ring (bicyclic) bond motifs is 4. The zero-order chi connectivity index (χ0) is 25.2. The van der Waals surface area contributed by atoms with Crippen LogP contribution in [-0.2, 0) is 33.1 Å². The number of nitrogens with one attached hydrogen (secondary N) is 2. The van der Waals surface area contributed by atoms with E-state index in [1.807, 2.05) is 0 Å². The van der Waals surface area contributed by atoms with Crippen LogP contribution >= 0.6 is 0 Å². The minimum Gasteiger partial charge on any atom is -0.352 e. The predicted molar refractivity (Wildman–Crippen MR) is 139 cm³/mol. The lowest BCUT2D eigenvalue weighted by Crippen LogP contribution is -2.55. The molecule has 1 spiro atoms. The van der Waals surface area contributed by atoms with Crippen molar-refractivity contribution >= 4 is 15.9 Å². The van der Waals surface area contributed by atoms with Gasteiger partial charge in [-0.15, -0.1) is 0 Å². The van der Waals surface area contributed by atoms with Crippen molar-refractivity contribution in [2.24, 2.45) is 16.7 Å². The third-order valence-electron chi connectivity index (χ3n) is 10.6. The summed E-state index contributed by atoms with van der Waals surface area (Å²) in [6.07, 6.45) is 10.2. The maximum atomic E-state index is 13.9. The summed E-state index contributed by atoms with van der Waals surface area (Å²) in [6, 6.07) is 8.59. The molecule has 2 N–H and O–H groups in total. The summed E-state index contributed by atoms with van der Waals surface area (Å²) < 4.78 is 29.7. The van der Waals surface area contributed by atoms with Gasteiger partial charge in [0.2, 0.25) is 15.9 Å². The average Bonchev–Trinajstić information content (AvgIpc) is 3.57. The van der Waals surface area contributed by atoms with E-state index in [1.54, 1.807) is 16.8 Å². The molecule has 36 heavy (non-hydrogen) atoms. The molecule has 0 radical (unpaired) electrons. The van der Waals surface area contributed by atoms with Crippen LogP contribution in [0, 0.1) is 16.7 Å². The molecule has 8 heteroatoms. The quantitative estimate of drug-likeness (QED) is 0.621. The van der Waals surface area contributed by atoms with E-state index in [-0.39, 0.29) is 35.0 Å². The Hall–Kier alpha value is -2.19. The molecule has 1 aromatic heterocycles. The van der Waals surface area contributed by atoms with E-state index < -0.39 is 15.4 Å². The Morgan fingerprint density at radius 1 is 1.17 bits per heavy atom. The Kier molecular flexibility index (Phi) is 5.65. The number of amides is 1. The molecule has 1 aromatic carbocycles. The summed E-state index contributed by atoms with van der Waals surface area (Å²) in [4.78, 5) is 19.9. The highest BCUT2D eigenvalue weighted by Crippen LogP contribution is 2.66. The summed E-state index contributed by atoms with van der Waals surface area (Å²) in [6.45, 7) is 5.63. The summed E-state index contributed by atoms with van der Waals surface area (Å²) in [5.74, 6) is 0.496. The van der Waals surface area contributed by atoms with E-state index in [4.69, 9.17) is 0 Å². The van der Waals surface area contributed by atoms with Gasteiger partial charge in [0.05, 0.1) is 18.5 Å². The van der Waals surface area contributed by atoms with Gasteiger partial charge in [0.1, 0.15) is 0 Å². The van der Waals surface area contributed by atoms with Crippen molar-refractivity contribution in [2.45, 2.75) is 76.7 Å². The molecule has 2 bridgehead atoms. The number of benzene rings is 1. The number of aromatic amines is 1. The van der Waals surface area contributed by atoms with Crippen LogP contribution in [0.5, 0.6) is 0 Å². The minimum atomic E-state index is -3.46. The lowest BCUT2D eigenvalue weighted by atomic mass is 9.69. The first-order chi connectivity index (χ1) is 17.2. The van der Waals surface area contributed by atoms with Crippen LogP contribution in [0.3, 0.4) is 0 Å². The van der Waals surface area contributed by atoms with Crippen molar-refractivity contribution in [2.75, 3.05) is 18.8 Å². The molecule has 6 rings (SSSR count). The standard InChI is InChI=1S/C28H38N4O3S/c1-26(2)21-8-10-28(26,24(15-21)31-25(33)16-22-17-29-19-30-22)18-36(34,35)32-13-11-27(12-14-32)9-7-20-5-3-4-6-23(20)27/h3-6,17,19,21,24H,7-16,18H2,1-2H3,(H,29,30)(H,31,33)/t21?,24-,28?/m0/s1. The number of carbonyl (C=O) groups is 1. The molecular formula is C28H38N4O3S. The number of carbonyl (C=O) groups excluding carboxylic acids is 1. The summed E-state index contributed by atoms with van der Waals surface area (Å²) in [5.41, 5.74) is 3.22. The molecule has 2 unspecified atom stereocenters. The Balaban J connectivity index is 1.19. The first-order valence-corrected chi connectivity index (χ1v) is 15.1. The van der Waals surface area contributed by atoms with Gasteiger partial charge in [-0.2, -0.15) is 0 Å². The predicted octanol–water partition coefficient (Wildman–Crippen LogP) is 3.57. The normalized spacial score (nSPS) is 30.5. The SMILES string of the molecule is CC1(C)C2CCC1(CS(=O)(=O)N1CCC3(CCc4ccccc43)CC1)[C@@H](NC(=O)Cc1cnc[nH]1)C2. The molecule has 7 nitrogen and oxygen atoms in total. The topological polar surface area (TPSA) is 95.2 Å². The summed E-state index contributed by atoms with van der Waals surface area (Å²) >= 11 is 0. The van der Waals surface area contributed by atoms with Gasteiger partial charge in [-0.05, 0) is 72.8 Å². The number of hydrogen-bond donors (Lipinski definition) is 2. The third-order valence-corrected chi connectivity index (χ3v) is 12.7. The van der Waals surface area contributed by atoms with Crippen molar-refractivity contribution in [3.05, 3.63) is 53.6 Å². The second kappa shape index (κ2) is 8.42. The zero-order valence-electron chi connectivity index (χ0n) is 21.4. The van der Waals surface area contributed by atoms with Crippen molar-refractivity contribution in [1.29, 1.82) is 0 Å². The molecule has 4 aliphatic rings. The molecule has 3 fully saturated rings. The van der Waals surface area contributed by atoms with Gasteiger partial charge in [0, 0.05) is 36.4 Å². The molecule has 2 saturated carbocycles. The number of piperidine rings is 1. The van der Waals surface area contributed by atoms with Crippen molar-refractivity contribution in [3.8, 4) is 0 Å². The third kappa shape index (κ3) is 3.66. The molecule has 2 aromatic rings. The van der Waals surface area contributed by atoms with Crippen LogP contribution in [0.4, 0.5) is 0 Å². The van der Waals surface area contributed by atoms with Crippen LogP contribution in [0.15, 0.2) is 36.8 Å². The first-order valence-electron chi connectivity index (χ1n) is 13.5. The fourth-order valence-electron chi connectivity index (χ4n) is 8.32. The molecule has 194 valence electrons. The molecule has 1 aliphatic heterocycles. The highest BCUT2D eigenvalue weighted by molar-refractivity contribution is 7.89. The number of aromatic nitrogens is 2. The van der Waals surface area contributed by atoms with Crippen LogP contribution in [0.1, 0.15) is 69.2 Å². The molecule has 3 atom stereocenters.